The molecule has 0 bridgehead atoms. The minimum atomic E-state index is -0.200. The predicted octanol–water partition coefficient (Wildman–Crippen LogP) is 5.20. The predicted molar refractivity (Wildman–Crippen MR) is 109 cm³/mol. The number of nitrogens with zero attached hydrogens (tertiary/aromatic N) is 2. The molecule has 1 fully saturated rings. The van der Waals surface area contributed by atoms with Gasteiger partial charge in [-0.3, -0.25) is 4.79 Å². The van der Waals surface area contributed by atoms with Gasteiger partial charge in [0.2, 0.25) is 0 Å². The van der Waals surface area contributed by atoms with Crippen molar-refractivity contribution >= 4 is 27.7 Å². The number of carbonyl (C=O) groups excluding carboxylic acids is 1. The van der Waals surface area contributed by atoms with Crippen LogP contribution in [0.3, 0.4) is 0 Å². The SMILES string of the molecule is CCCOc1c(Br)cc(C(=O)Nc2ccnn2C2CCCCC2)cc1OC. The number of rotatable bonds is 7. The fourth-order valence-corrected chi connectivity index (χ4v) is 3.97. The van der Waals surface area contributed by atoms with Crippen molar-refractivity contribution in [2.75, 3.05) is 19.0 Å². The molecule has 7 heteroatoms. The molecule has 6 nitrogen and oxygen atoms in total. The summed E-state index contributed by atoms with van der Waals surface area (Å²) in [5.41, 5.74) is 0.499. The molecule has 27 heavy (non-hydrogen) atoms. The number of methoxy groups -OCH3 is 1. The van der Waals surface area contributed by atoms with Gasteiger partial charge in [-0.2, -0.15) is 5.10 Å². The van der Waals surface area contributed by atoms with Crippen molar-refractivity contribution < 1.29 is 14.3 Å². The Kier molecular flexibility index (Phi) is 6.77. The van der Waals surface area contributed by atoms with E-state index in [4.69, 9.17) is 9.47 Å². The van der Waals surface area contributed by atoms with Crippen molar-refractivity contribution in [3.8, 4) is 11.5 Å². The lowest BCUT2D eigenvalue weighted by molar-refractivity contribution is 0.102. The molecule has 0 spiro atoms. The van der Waals surface area contributed by atoms with Crippen LogP contribution in [0.25, 0.3) is 0 Å². The highest BCUT2D eigenvalue weighted by Crippen LogP contribution is 2.37. The molecule has 1 aliphatic rings. The van der Waals surface area contributed by atoms with Crippen LogP contribution in [-0.4, -0.2) is 29.4 Å². The number of ether oxygens (including phenoxy) is 2. The first-order valence-corrected chi connectivity index (χ1v) is 10.3. The van der Waals surface area contributed by atoms with Crippen molar-refractivity contribution in [3.05, 3.63) is 34.4 Å². The number of hydrogen-bond acceptors (Lipinski definition) is 4. The van der Waals surface area contributed by atoms with Crippen LogP contribution in [0.15, 0.2) is 28.9 Å². The number of nitrogens with one attached hydrogen (secondary N) is 1. The molecule has 3 rings (SSSR count). The van der Waals surface area contributed by atoms with E-state index < -0.39 is 0 Å². The summed E-state index contributed by atoms with van der Waals surface area (Å²) in [5, 5.41) is 7.42. The Morgan fingerprint density at radius 2 is 2.11 bits per heavy atom. The zero-order valence-electron chi connectivity index (χ0n) is 15.8. The molecule has 1 aliphatic carbocycles. The van der Waals surface area contributed by atoms with Crippen LogP contribution in [0.2, 0.25) is 0 Å². The van der Waals surface area contributed by atoms with E-state index in [0.29, 0.717) is 34.2 Å². The first-order chi connectivity index (χ1) is 13.1. The van der Waals surface area contributed by atoms with Gasteiger partial charge in [-0.05, 0) is 47.3 Å². The van der Waals surface area contributed by atoms with Crippen LogP contribution in [0.5, 0.6) is 11.5 Å². The Morgan fingerprint density at radius 3 is 2.81 bits per heavy atom. The number of halogens is 1. The summed E-state index contributed by atoms with van der Waals surface area (Å²) in [6.07, 6.45) is 8.54. The summed E-state index contributed by atoms with van der Waals surface area (Å²) in [6, 6.07) is 5.66. The minimum Gasteiger partial charge on any atom is -0.493 e. The number of hydrogen-bond donors (Lipinski definition) is 1. The van der Waals surface area contributed by atoms with Gasteiger partial charge >= 0.3 is 0 Å². The average molecular weight is 436 g/mol. The molecule has 0 atom stereocenters. The summed E-state index contributed by atoms with van der Waals surface area (Å²) < 4.78 is 13.8. The number of aromatic nitrogens is 2. The maximum atomic E-state index is 12.8. The third-order valence-corrected chi connectivity index (χ3v) is 5.36. The molecule has 0 radical (unpaired) electrons. The van der Waals surface area contributed by atoms with Crippen molar-refractivity contribution in [1.29, 1.82) is 0 Å². The van der Waals surface area contributed by atoms with Crippen molar-refractivity contribution in [2.24, 2.45) is 0 Å². The fourth-order valence-electron chi connectivity index (χ4n) is 3.41. The van der Waals surface area contributed by atoms with E-state index in [1.54, 1.807) is 25.4 Å². The summed E-state index contributed by atoms with van der Waals surface area (Å²) in [6.45, 7) is 2.62. The number of benzene rings is 1. The summed E-state index contributed by atoms with van der Waals surface area (Å²) in [4.78, 5) is 12.8. The van der Waals surface area contributed by atoms with Gasteiger partial charge in [0, 0.05) is 11.6 Å². The lowest BCUT2D eigenvalue weighted by Gasteiger charge is -2.24. The third-order valence-electron chi connectivity index (χ3n) is 4.77. The molecule has 1 heterocycles. The topological polar surface area (TPSA) is 65.4 Å². The van der Waals surface area contributed by atoms with Crippen molar-refractivity contribution in [2.45, 2.75) is 51.5 Å². The second-order valence-electron chi connectivity index (χ2n) is 6.74. The molecule has 2 aromatic rings. The van der Waals surface area contributed by atoms with Gasteiger partial charge in [0.1, 0.15) is 5.82 Å². The lowest BCUT2D eigenvalue weighted by Crippen LogP contribution is -2.20. The van der Waals surface area contributed by atoms with Gasteiger partial charge < -0.3 is 14.8 Å². The Balaban J connectivity index is 1.79. The van der Waals surface area contributed by atoms with Crippen molar-refractivity contribution in [1.82, 2.24) is 9.78 Å². The Labute approximate surface area is 168 Å². The molecular weight excluding hydrogens is 410 g/mol. The van der Waals surface area contributed by atoms with E-state index in [1.165, 1.54) is 19.3 Å². The fraction of sp³-hybridized carbons (Fsp3) is 0.500. The van der Waals surface area contributed by atoms with Gasteiger partial charge in [0.15, 0.2) is 11.5 Å². The first kappa shape index (κ1) is 19.7. The molecule has 1 aromatic heterocycles. The monoisotopic (exact) mass is 435 g/mol. The van der Waals surface area contributed by atoms with E-state index in [2.05, 4.69) is 26.3 Å². The molecule has 0 saturated heterocycles. The van der Waals surface area contributed by atoms with Gasteiger partial charge in [0.25, 0.3) is 5.91 Å². The van der Waals surface area contributed by atoms with Crippen LogP contribution < -0.4 is 14.8 Å². The molecule has 1 aromatic carbocycles. The quantitative estimate of drug-likeness (QED) is 0.648. The zero-order chi connectivity index (χ0) is 19.2. The van der Waals surface area contributed by atoms with Crippen molar-refractivity contribution in [3.63, 3.8) is 0 Å². The van der Waals surface area contributed by atoms with Crippen LogP contribution in [-0.2, 0) is 0 Å². The minimum absolute atomic E-state index is 0.200. The van der Waals surface area contributed by atoms with Gasteiger partial charge in [-0.1, -0.05) is 26.2 Å². The van der Waals surface area contributed by atoms with Gasteiger partial charge in [-0.25, -0.2) is 4.68 Å². The van der Waals surface area contributed by atoms with Crippen LogP contribution in [0.4, 0.5) is 5.82 Å². The van der Waals surface area contributed by atoms with Gasteiger partial charge in [-0.15, -0.1) is 0 Å². The first-order valence-electron chi connectivity index (χ1n) is 9.49. The number of carbonyl (C=O) groups is 1. The number of anilines is 1. The Hall–Kier alpha value is -2.02. The Morgan fingerprint density at radius 1 is 1.33 bits per heavy atom. The Bertz CT molecular complexity index is 785. The summed E-state index contributed by atoms with van der Waals surface area (Å²) in [5.74, 6) is 1.67. The van der Waals surface area contributed by atoms with E-state index in [0.717, 1.165) is 25.1 Å². The normalized spacial score (nSPS) is 14.8. The number of amides is 1. The molecular formula is C20H26BrN3O3. The smallest absolute Gasteiger partial charge is 0.256 e. The maximum absolute atomic E-state index is 12.8. The lowest BCUT2D eigenvalue weighted by atomic mass is 9.96. The van der Waals surface area contributed by atoms with Crippen LogP contribution in [0.1, 0.15) is 61.8 Å². The summed E-state index contributed by atoms with van der Waals surface area (Å²) >= 11 is 3.49. The second-order valence-corrected chi connectivity index (χ2v) is 7.60. The van der Waals surface area contributed by atoms with Gasteiger partial charge in [0.05, 0.1) is 30.4 Å². The average Bonchev–Trinajstić information content (AvgIpc) is 3.15. The van der Waals surface area contributed by atoms with E-state index in [-0.39, 0.29) is 5.91 Å². The van der Waals surface area contributed by atoms with Crippen LogP contribution in [0, 0.1) is 0 Å². The van der Waals surface area contributed by atoms with E-state index in [9.17, 15) is 4.79 Å². The second kappa shape index (κ2) is 9.26. The molecule has 146 valence electrons. The highest BCUT2D eigenvalue weighted by Gasteiger charge is 2.21. The third kappa shape index (κ3) is 4.64. The maximum Gasteiger partial charge on any atom is 0.256 e. The standard InChI is InChI=1S/C20H26BrN3O3/c1-3-11-27-19-16(21)12-14(13-17(19)26-2)20(25)23-18-9-10-22-24(18)15-7-5-4-6-8-15/h9-10,12-13,15H,3-8,11H2,1-2H3,(H,23,25). The largest absolute Gasteiger partial charge is 0.493 e. The molecule has 0 unspecified atom stereocenters. The molecule has 0 aliphatic heterocycles. The highest BCUT2D eigenvalue weighted by molar-refractivity contribution is 9.10. The zero-order valence-corrected chi connectivity index (χ0v) is 17.4. The van der Waals surface area contributed by atoms with E-state index in [1.807, 2.05) is 17.7 Å². The molecule has 1 saturated carbocycles. The van der Waals surface area contributed by atoms with Crippen LogP contribution >= 0.6 is 15.9 Å². The highest BCUT2D eigenvalue weighted by atomic mass is 79.9. The molecule has 1 N–H and O–H groups in total. The molecule has 1 amide bonds. The summed E-state index contributed by atoms with van der Waals surface area (Å²) in [7, 11) is 1.57. The van der Waals surface area contributed by atoms with E-state index >= 15 is 0 Å².